The van der Waals surface area contributed by atoms with E-state index in [2.05, 4.69) is 39.7 Å². The van der Waals surface area contributed by atoms with Crippen molar-refractivity contribution in [2.45, 2.75) is 13.1 Å². The van der Waals surface area contributed by atoms with Gasteiger partial charge in [0.25, 0.3) is 0 Å². The van der Waals surface area contributed by atoms with E-state index < -0.39 is 0 Å². The fourth-order valence-electron chi connectivity index (χ4n) is 2.10. The maximum absolute atomic E-state index is 4.19. The van der Waals surface area contributed by atoms with E-state index in [0.29, 0.717) is 0 Å². The second kappa shape index (κ2) is 4.88. The van der Waals surface area contributed by atoms with Crippen LogP contribution in [0.15, 0.2) is 36.9 Å². The molecule has 0 saturated carbocycles. The normalized spacial score (nSPS) is 11.2. The summed E-state index contributed by atoms with van der Waals surface area (Å²) in [5, 5.41) is 8.74. The van der Waals surface area contributed by atoms with Crippen molar-refractivity contribution in [3.63, 3.8) is 0 Å². The van der Waals surface area contributed by atoms with Crippen molar-refractivity contribution >= 4 is 21.4 Å². The summed E-state index contributed by atoms with van der Waals surface area (Å²) < 4.78 is 3.20. The molecule has 0 radical (unpaired) electrons. The van der Waals surface area contributed by atoms with Gasteiger partial charge in [0.2, 0.25) is 0 Å². The fraction of sp³-hybridized carbons (Fsp3) is 0.231. The van der Waals surface area contributed by atoms with Crippen LogP contribution in [0.4, 0.5) is 0 Å². The Bertz CT molecular complexity index is 642. The first-order valence-corrected chi connectivity index (χ1v) is 6.66. The Labute approximate surface area is 109 Å². The number of fused-ring (bicyclic) bond motifs is 1. The number of aromatic nitrogens is 3. The molecule has 2 aromatic heterocycles. The summed E-state index contributed by atoms with van der Waals surface area (Å²) in [6.07, 6.45) is 3.34. The van der Waals surface area contributed by atoms with Crippen LogP contribution in [0.3, 0.4) is 0 Å². The minimum Gasteiger partial charge on any atom is -0.315 e. The van der Waals surface area contributed by atoms with Gasteiger partial charge < -0.3 is 5.32 Å². The summed E-state index contributed by atoms with van der Waals surface area (Å²) >= 11 is 1.85. The highest BCUT2D eigenvalue weighted by Crippen LogP contribution is 2.31. The molecule has 0 unspecified atom stereocenters. The van der Waals surface area contributed by atoms with Crippen molar-refractivity contribution < 1.29 is 0 Å². The van der Waals surface area contributed by atoms with Gasteiger partial charge in [-0.2, -0.15) is 5.10 Å². The lowest BCUT2D eigenvalue weighted by molar-refractivity contribution is 0.681. The van der Waals surface area contributed by atoms with Gasteiger partial charge in [-0.15, -0.1) is 11.3 Å². The van der Waals surface area contributed by atoms with E-state index in [1.54, 1.807) is 12.7 Å². The number of hydrogen-bond donors (Lipinski definition) is 1. The van der Waals surface area contributed by atoms with Gasteiger partial charge in [-0.3, -0.25) is 0 Å². The molecule has 2 heterocycles. The molecular weight excluding hydrogens is 244 g/mol. The third-order valence-electron chi connectivity index (χ3n) is 2.91. The van der Waals surface area contributed by atoms with E-state index in [1.165, 1.54) is 20.5 Å². The zero-order valence-corrected chi connectivity index (χ0v) is 10.9. The van der Waals surface area contributed by atoms with Gasteiger partial charge in [0, 0.05) is 16.1 Å². The van der Waals surface area contributed by atoms with E-state index in [9.17, 15) is 0 Å². The van der Waals surface area contributed by atoms with Gasteiger partial charge in [-0.25, -0.2) is 9.67 Å². The number of thiophene rings is 1. The van der Waals surface area contributed by atoms with E-state index in [0.717, 1.165) is 13.1 Å². The van der Waals surface area contributed by atoms with Gasteiger partial charge in [0.1, 0.15) is 12.7 Å². The van der Waals surface area contributed by atoms with E-state index in [4.69, 9.17) is 0 Å². The molecule has 18 heavy (non-hydrogen) atoms. The monoisotopic (exact) mass is 258 g/mol. The van der Waals surface area contributed by atoms with E-state index >= 15 is 0 Å². The second-order valence-electron chi connectivity index (χ2n) is 4.12. The van der Waals surface area contributed by atoms with Gasteiger partial charge in [-0.1, -0.05) is 18.2 Å². The maximum atomic E-state index is 4.19. The molecule has 0 aliphatic rings. The SMILES string of the molecule is CNCc1sc2ccccc2c1Cn1cncn1. The van der Waals surface area contributed by atoms with Gasteiger partial charge >= 0.3 is 0 Å². The molecule has 5 heteroatoms. The van der Waals surface area contributed by atoms with Crippen molar-refractivity contribution in [3.05, 3.63) is 47.4 Å². The largest absolute Gasteiger partial charge is 0.315 e. The van der Waals surface area contributed by atoms with Crippen LogP contribution in [0.5, 0.6) is 0 Å². The average Bonchev–Trinajstić information content (AvgIpc) is 3.00. The Hall–Kier alpha value is -1.72. The molecule has 0 aliphatic heterocycles. The first kappa shape index (κ1) is 11.4. The third kappa shape index (κ3) is 2.02. The summed E-state index contributed by atoms with van der Waals surface area (Å²) in [7, 11) is 1.98. The van der Waals surface area contributed by atoms with Crippen molar-refractivity contribution in [2.24, 2.45) is 0 Å². The molecule has 0 amide bonds. The summed E-state index contributed by atoms with van der Waals surface area (Å²) in [6, 6.07) is 8.52. The Morgan fingerprint density at radius 3 is 3.00 bits per heavy atom. The molecule has 0 atom stereocenters. The molecular formula is C13H14N4S. The smallest absolute Gasteiger partial charge is 0.137 e. The highest BCUT2D eigenvalue weighted by molar-refractivity contribution is 7.19. The molecule has 1 aromatic carbocycles. The Morgan fingerprint density at radius 2 is 2.22 bits per heavy atom. The standard InChI is InChI=1S/C13H14N4S/c1-14-6-13-11(7-17-9-15-8-16-17)10-4-2-3-5-12(10)18-13/h2-5,8-9,14H,6-7H2,1H3. The number of rotatable bonds is 4. The lowest BCUT2D eigenvalue weighted by Crippen LogP contribution is -2.08. The van der Waals surface area contributed by atoms with Crippen LogP contribution < -0.4 is 5.32 Å². The highest BCUT2D eigenvalue weighted by atomic mass is 32.1. The van der Waals surface area contributed by atoms with Crippen molar-refractivity contribution in [3.8, 4) is 0 Å². The van der Waals surface area contributed by atoms with Crippen LogP contribution in [0, 0.1) is 0 Å². The highest BCUT2D eigenvalue weighted by Gasteiger charge is 2.11. The minimum absolute atomic E-state index is 0.779. The molecule has 4 nitrogen and oxygen atoms in total. The summed E-state index contributed by atoms with van der Waals surface area (Å²) in [5.74, 6) is 0. The molecule has 1 N–H and O–H groups in total. The summed E-state index contributed by atoms with van der Waals surface area (Å²) in [6.45, 7) is 1.67. The summed E-state index contributed by atoms with van der Waals surface area (Å²) in [4.78, 5) is 5.37. The van der Waals surface area contributed by atoms with E-state index in [-0.39, 0.29) is 0 Å². The fourth-order valence-corrected chi connectivity index (χ4v) is 3.33. The number of benzene rings is 1. The van der Waals surface area contributed by atoms with Gasteiger partial charge in [0.05, 0.1) is 6.54 Å². The molecule has 0 saturated heterocycles. The predicted octanol–water partition coefficient (Wildman–Crippen LogP) is 2.26. The molecule has 0 aliphatic carbocycles. The van der Waals surface area contributed by atoms with Crippen LogP contribution in [0.25, 0.3) is 10.1 Å². The quantitative estimate of drug-likeness (QED) is 0.780. The zero-order valence-electron chi connectivity index (χ0n) is 10.1. The molecule has 3 aromatic rings. The number of hydrogen-bond acceptors (Lipinski definition) is 4. The van der Waals surface area contributed by atoms with Crippen LogP contribution in [-0.4, -0.2) is 21.8 Å². The molecule has 0 bridgehead atoms. The Balaban J connectivity index is 2.09. The third-order valence-corrected chi connectivity index (χ3v) is 4.12. The molecule has 92 valence electrons. The first-order chi connectivity index (χ1) is 8.88. The lowest BCUT2D eigenvalue weighted by atomic mass is 10.1. The van der Waals surface area contributed by atoms with Crippen molar-refractivity contribution in [2.75, 3.05) is 7.05 Å². The zero-order chi connectivity index (χ0) is 12.4. The average molecular weight is 258 g/mol. The van der Waals surface area contributed by atoms with Crippen LogP contribution in [0.1, 0.15) is 10.4 Å². The van der Waals surface area contributed by atoms with E-state index in [1.807, 2.05) is 23.1 Å². The molecule has 3 rings (SSSR count). The van der Waals surface area contributed by atoms with Crippen LogP contribution in [-0.2, 0) is 13.1 Å². The van der Waals surface area contributed by atoms with Crippen LogP contribution >= 0.6 is 11.3 Å². The van der Waals surface area contributed by atoms with Crippen LogP contribution in [0.2, 0.25) is 0 Å². The number of nitrogens with zero attached hydrogens (tertiary/aromatic N) is 3. The number of nitrogens with one attached hydrogen (secondary N) is 1. The van der Waals surface area contributed by atoms with Crippen molar-refractivity contribution in [1.82, 2.24) is 20.1 Å². The Kier molecular flexibility index (Phi) is 3.08. The second-order valence-corrected chi connectivity index (χ2v) is 5.26. The van der Waals surface area contributed by atoms with Gasteiger partial charge in [0.15, 0.2) is 0 Å². The predicted molar refractivity (Wildman–Crippen MR) is 73.7 cm³/mol. The topological polar surface area (TPSA) is 42.7 Å². The molecule has 0 spiro atoms. The molecule has 0 fully saturated rings. The summed E-state index contributed by atoms with van der Waals surface area (Å²) in [5.41, 5.74) is 1.34. The van der Waals surface area contributed by atoms with Crippen molar-refractivity contribution in [1.29, 1.82) is 0 Å². The minimum atomic E-state index is 0.779. The maximum Gasteiger partial charge on any atom is 0.137 e. The lowest BCUT2D eigenvalue weighted by Gasteiger charge is -2.04. The first-order valence-electron chi connectivity index (χ1n) is 5.85. The Morgan fingerprint density at radius 1 is 1.33 bits per heavy atom. The van der Waals surface area contributed by atoms with Gasteiger partial charge in [-0.05, 0) is 24.1 Å².